The molecule has 0 atom stereocenters. The average molecular weight is 269 g/mol. The van der Waals surface area contributed by atoms with Crippen molar-refractivity contribution in [2.45, 2.75) is 32.6 Å². The Kier molecular flexibility index (Phi) is 5.03. The van der Waals surface area contributed by atoms with Crippen LogP contribution in [0, 0.1) is 5.41 Å². The van der Waals surface area contributed by atoms with Crippen molar-refractivity contribution in [1.29, 1.82) is 0 Å². The van der Waals surface area contributed by atoms with Crippen molar-refractivity contribution in [3.63, 3.8) is 0 Å². The normalized spacial score (nSPS) is 16.3. The first-order valence-electron chi connectivity index (χ1n) is 6.29. The molecule has 0 radical (unpaired) electrons. The molecular weight excluding hydrogens is 248 g/mol. The second-order valence-electron chi connectivity index (χ2n) is 5.02. The monoisotopic (exact) mass is 268 g/mol. The number of rotatable bonds is 4. The van der Waals surface area contributed by atoms with Crippen LogP contribution < -0.4 is 11.1 Å². The fraction of sp³-hybridized carbons (Fsp3) is 0.500. The summed E-state index contributed by atoms with van der Waals surface area (Å²) in [5.74, 6) is -0.0166. The van der Waals surface area contributed by atoms with Crippen LogP contribution in [0.4, 0.5) is 5.69 Å². The van der Waals surface area contributed by atoms with Gasteiger partial charge in [0.25, 0.3) is 5.91 Å². The van der Waals surface area contributed by atoms with Crippen molar-refractivity contribution < 1.29 is 4.79 Å². The lowest BCUT2D eigenvalue weighted by atomic mass is 9.67. The van der Waals surface area contributed by atoms with Crippen LogP contribution in [0.1, 0.15) is 43.0 Å². The third kappa shape index (κ3) is 3.16. The van der Waals surface area contributed by atoms with Crippen molar-refractivity contribution in [3.8, 4) is 0 Å². The van der Waals surface area contributed by atoms with Gasteiger partial charge in [-0.1, -0.05) is 19.4 Å². The Morgan fingerprint density at radius 1 is 1.44 bits per heavy atom. The standard InChI is InChI=1S/C14H20N2O.ClH/c1-2-14(7-4-8-14)10-16-13(17)11-5-3-6-12(15)9-11;/h3,5-6,9H,2,4,7-8,10,15H2,1H3,(H,16,17);1H. The van der Waals surface area contributed by atoms with Crippen molar-refractivity contribution in [2.75, 3.05) is 12.3 Å². The molecule has 2 rings (SSSR count). The molecule has 1 aliphatic rings. The number of anilines is 1. The smallest absolute Gasteiger partial charge is 0.251 e. The molecule has 1 amide bonds. The molecule has 1 aromatic carbocycles. The Balaban J connectivity index is 0.00000162. The number of benzene rings is 1. The van der Waals surface area contributed by atoms with Gasteiger partial charge in [-0.3, -0.25) is 4.79 Å². The Bertz CT molecular complexity index is 411. The molecule has 0 aliphatic heterocycles. The number of amides is 1. The van der Waals surface area contributed by atoms with E-state index in [9.17, 15) is 4.79 Å². The Hall–Kier alpha value is -1.22. The van der Waals surface area contributed by atoms with Crippen LogP contribution in [-0.4, -0.2) is 12.5 Å². The van der Waals surface area contributed by atoms with Gasteiger partial charge in [-0.15, -0.1) is 12.4 Å². The van der Waals surface area contributed by atoms with Crippen LogP contribution in [-0.2, 0) is 0 Å². The topological polar surface area (TPSA) is 55.1 Å². The minimum atomic E-state index is -0.0166. The summed E-state index contributed by atoms with van der Waals surface area (Å²) in [4.78, 5) is 11.9. The van der Waals surface area contributed by atoms with E-state index in [0.29, 0.717) is 16.7 Å². The van der Waals surface area contributed by atoms with Crippen LogP contribution >= 0.6 is 12.4 Å². The summed E-state index contributed by atoms with van der Waals surface area (Å²) in [6.45, 7) is 2.99. The minimum Gasteiger partial charge on any atom is -0.399 e. The van der Waals surface area contributed by atoms with E-state index < -0.39 is 0 Å². The molecular formula is C14H21ClN2O. The maximum absolute atomic E-state index is 11.9. The minimum absolute atomic E-state index is 0. The molecule has 3 N–H and O–H groups in total. The van der Waals surface area contributed by atoms with Gasteiger partial charge < -0.3 is 11.1 Å². The number of hydrogen-bond acceptors (Lipinski definition) is 2. The Morgan fingerprint density at radius 3 is 2.67 bits per heavy atom. The lowest BCUT2D eigenvalue weighted by molar-refractivity contribution is 0.0850. The second-order valence-corrected chi connectivity index (χ2v) is 5.02. The van der Waals surface area contributed by atoms with Gasteiger partial charge in [0.2, 0.25) is 0 Å². The first-order valence-corrected chi connectivity index (χ1v) is 6.29. The molecule has 1 aliphatic carbocycles. The Morgan fingerprint density at radius 2 is 2.17 bits per heavy atom. The molecule has 100 valence electrons. The van der Waals surface area contributed by atoms with E-state index in [4.69, 9.17) is 5.73 Å². The molecule has 0 saturated heterocycles. The van der Waals surface area contributed by atoms with Crippen molar-refractivity contribution in [1.82, 2.24) is 5.32 Å². The molecule has 0 bridgehead atoms. The van der Waals surface area contributed by atoms with E-state index in [-0.39, 0.29) is 18.3 Å². The molecule has 0 heterocycles. The molecule has 18 heavy (non-hydrogen) atoms. The van der Waals surface area contributed by atoms with E-state index in [1.807, 2.05) is 6.07 Å². The fourth-order valence-corrected chi connectivity index (χ4v) is 2.38. The first-order chi connectivity index (χ1) is 8.15. The maximum atomic E-state index is 11.9. The van der Waals surface area contributed by atoms with E-state index in [2.05, 4.69) is 12.2 Å². The number of carbonyl (C=O) groups excluding carboxylic acids is 1. The quantitative estimate of drug-likeness (QED) is 0.825. The lowest BCUT2D eigenvalue weighted by Gasteiger charge is -2.41. The first kappa shape index (κ1) is 14.8. The largest absolute Gasteiger partial charge is 0.399 e. The summed E-state index contributed by atoms with van der Waals surface area (Å²) >= 11 is 0. The molecule has 3 nitrogen and oxygen atoms in total. The third-order valence-electron chi connectivity index (χ3n) is 3.94. The number of nitrogens with one attached hydrogen (secondary N) is 1. The lowest BCUT2D eigenvalue weighted by Crippen LogP contribution is -2.41. The van der Waals surface area contributed by atoms with Gasteiger partial charge in [0.1, 0.15) is 0 Å². The molecule has 0 aromatic heterocycles. The average Bonchev–Trinajstić information content (AvgIpc) is 2.28. The highest BCUT2D eigenvalue weighted by atomic mass is 35.5. The second kappa shape index (κ2) is 6.10. The zero-order valence-corrected chi connectivity index (χ0v) is 11.6. The zero-order valence-electron chi connectivity index (χ0n) is 10.7. The highest BCUT2D eigenvalue weighted by Gasteiger charge is 2.35. The number of halogens is 1. The van der Waals surface area contributed by atoms with Crippen molar-refractivity contribution in [2.24, 2.45) is 5.41 Å². The predicted octanol–water partition coefficient (Wildman–Crippen LogP) is 3.00. The fourth-order valence-electron chi connectivity index (χ4n) is 2.38. The van der Waals surface area contributed by atoms with Crippen molar-refractivity contribution in [3.05, 3.63) is 29.8 Å². The Labute approximate surface area is 115 Å². The number of nitrogens with two attached hydrogens (primary N) is 1. The van der Waals surface area contributed by atoms with Crippen LogP contribution in [0.3, 0.4) is 0 Å². The van der Waals surface area contributed by atoms with Crippen LogP contribution in [0.5, 0.6) is 0 Å². The molecule has 1 saturated carbocycles. The molecule has 0 unspecified atom stereocenters. The van der Waals surface area contributed by atoms with E-state index in [1.165, 1.54) is 19.3 Å². The van der Waals surface area contributed by atoms with Crippen LogP contribution in [0.25, 0.3) is 0 Å². The molecule has 0 spiro atoms. The summed E-state index contributed by atoms with van der Waals surface area (Å²) in [6, 6.07) is 7.11. The molecule has 1 aromatic rings. The van der Waals surface area contributed by atoms with Gasteiger partial charge in [-0.25, -0.2) is 0 Å². The van der Waals surface area contributed by atoms with Gasteiger partial charge in [-0.2, -0.15) is 0 Å². The van der Waals surface area contributed by atoms with Gasteiger partial charge >= 0.3 is 0 Å². The molecule has 4 heteroatoms. The predicted molar refractivity (Wildman–Crippen MR) is 77.0 cm³/mol. The van der Waals surface area contributed by atoms with E-state index >= 15 is 0 Å². The molecule has 1 fully saturated rings. The SMILES string of the molecule is CCC1(CNC(=O)c2cccc(N)c2)CCC1.Cl. The van der Waals surface area contributed by atoms with Gasteiger partial charge in [0.05, 0.1) is 0 Å². The van der Waals surface area contributed by atoms with Gasteiger partial charge in [-0.05, 0) is 42.9 Å². The van der Waals surface area contributed by atoms with E-state index in [0.717, 1.165) is 13.0 Å². The summed E-state index contributed by atoms with van der Waals surface area (Å²) in [7, 11) is 0. The maximum Gasteiger partial charge on any atom is 0.251 e. The van der Waals surface area contributed by atoms with Gasteiger partial charge in [0.15, 0.2) is 0 Å². The summed E-state index contributed by atoms with van der Waals surface area (Å²) in [6.07, 6.45) is 4.91. The number of nitrogen functional groups attached to an aromatic ring is 1. The zero-order chi connectivity index (χ0) is 12.3. The summed E-state index contributed by atoms with van der Waals surface area (Å²) in [5, 5.41) is 3.03. The van der Waals surface area contributed by atoms with Crippen LogP contribution in [0.2, 0.25) is 0 Å². The summed E-state index contributed by atoms with van der Waals surface area (Å²) < 4.78 is 0. The van der Waals surface area contributed by atoms with Crippen LogP contribution in [0.15, 0.2) is 24.3 Å². The third-order valence-corrected chi connectivity index (χ3v) is 3.94. The van der Waals surface area contributed by atoms with Crippen molar-refractivity contribution >= 4 is 24.0 Å². The highest BCUT2D eigenvalue weighted by molar-refractivity contribution is 5.95. The number of carbonyl (C=O) groups is 1. The van der Waals surface area contributed by atoms with Gasteiger partial charge in [0, 0.05) is 17.8 Å². The highest BCUT2D eigenvalue weighted by Crippen LogP contribution is 2.43. The summed E-state index contributed by atoms with van der Waals surface area (Å²) in [5.41, 5.74) is 7.30. The van der Waals surface area contributed by atoms with E-state index in [1.54, 1.807) is 18.2 Å². The number of hydrogen-bond donors (Lipinski definition) is 2.